The number of anilines is 1. The van der Waals surface area contributed by atoms with E-state index in [2.05, 4.69) is 30.3 Å². The number of rotatable bonds is 7. The SMILES string of the molecule is CCCCCCc1ncn(CC(C)C)c1N. The summed E-state index contributed by atoms with van der Waals surface area (Å²) < 4.78 is 2.07. The maximum atomic E-state index is 6.07. The van der Waals surface area contributed by atoms with Gasteiger partial charge in [0.25, 0.3) is 0 Å². The Morgan fingerprint density at radius 3 is 2.69 bits per heavy atom. The average molecular weight is 223 g/mol. The predicted molar refractivity (Wildman–Crippen MR) is 69.3 cm³/mol. The van der Waals surface area contributed by atoms with Crippen molar-refractivity contribution in [1.29, 1.82) is 0 Å². The number of nitrogen functional groups attached to an aromatic ring is 1. The number of hydrogen-bond acceptors (Lipinski definition) is 2. The van der Waals surface area contributed by atoms with E-state index in [0.29, 0.717) is 5.92 Å². The standard InChI is InChI=1S/C13H25N3/c1-4-5-6-7-8-12-13(14)16(10-15-12)9-11(2)3/h10-11H,4-9,14H2,1-3H3. The van der Waals surface area contributed by atoms with Crippen LogP contribution < -0.4 is 5.73 Å². The minimum Gasteiger partial charge on any atom is -0.384 e. The fourth-order valence-electron chi connectivity index (χ4n) is 1.88. The van der Waals surface area contributed by atoms with Crippen molar-refractivity contribution < 1.29 is 0 Å². The third-order valence-electron chi connectivity index (χ3n) is 2.79. The number of hydrogen-bond donors (Lipinski definition) is 1. The summed E-state index contributed by atoms with van der Waals surface area (Å²) in [7, 11) is 0. The molecule has 0 saturated carbocycles. The van der Waals surface area contributed by atoms with Gasteiger partial charge >= 0.3 is 0 Å². The molecule has 2 N–H and O–H groups in total. The van der Waals surface area contributed by atoms with Gasteiger partial charge in [-0.3, -0.25) is 0 Å². The Kier molecular flexibility index (Phi) is 5.36. The summed E-state index contributed by atoms with van der Waals surface area (Å²) in [5.41, 5.74) is 7.15. The molecule has 92 valence electrons. The van der Waals surface area contributed by atoms with E-state index in [1.54, 1.807) is 0 Å². The van der Waals surface area contributed by atoms with Crippen LogP contribution in [-0.4, -0.2) is 9.55 Å². The number of nitrogens with zero attached hydrogens (tertiary/aromatic N) is 2. The van der Waals surface area contributed by atoms with E-state index in [1.165, 1.54) is 25.7 Å². The van der Waals surface area contributed by atoms with Crippen LogP contribution in [0.4, 0.5) is 5.82 Å². The van der Waals surface area contributed by atoms with Crippen LogP contribution in [0.5, 0.6) is 0 Å². The van der Waals surface area contributed by atoms with Gasteiger partial charge in [-0.25, -0.2) is 4.98 Å². The highest BCUT2D eigenvalue weighted by molar-refractivity contribution is 5.35. The second-order valence-corrected chi connectivity index (χ2v) is 4.93. The van der Waals surface area contributed by atoms with Crippen LogP contribution in [0.1, 0.15) is 52.1 Å². The average Bonchev–Trinajstić information content (AvgIpc) is 2.56. The molecule has 0 aromatic carbocycles. The van der Waals surface area contributed by atoms with Gasteiger partial charge in [-0.1, -0.05) is 40.0 Å². The molecular weight excluding hydrogens is 198 g/mol. The zero-order chi connectivity index (χ0) is 12.0. The van der Waals surface area contributed by atoms with Crippen LogP contribution in [-0.2, 0) is 13.0 Å². The van der Waals surface area contributed by atoms with Crippen molar-refractivity contribution in [2.45, 2.75) is 59.4 Å². The lowest BCUT2D eigenvalue weighted by Gasteiger charge is -2.08. The molecule has 0 radical (unpaired) electrons. The largest absolute Gasteiger partial charge is 0.384 e. The summed E-state index contributed by atoms with van der Waals surface area (Å²) in [6.07, 6.45) is 7.98. The van der Waals surface area contributed by atoms with E-state index in [4.69, 9.17) is 5.73 Å². The molecule has 0 aliphatic rings. The molecule has 1 heterocycles. The number of aromatic nitrogens is 2. The summed E-state index contributed by atoms with van der Waals surface area (Å²) in [5.74, 6) is 1.48. The lowest BCUT2D eigenvalue weighted by Crippen LogP contribution is -2.07. The summed E-state index contributed by atoms with van der Waals surface area (Å²) in [6, 6.07) is 0. The van der Waals surface area contributed by atoms with E-state index < -0.39 is 0 Å². The molecule has 0 aliphatic heterocycles. The van der Waals surface area contributed by atoms with E-state index in [9.17, 15) is 0 Å². The molecule has 1 aromatic heterocycles. The van der Waals surface area contributed by atoms with Gasteiger partial charge in [0.1, 0.15) is 5.82 Å². The highest BCUT2D eigenvalue weighted by Gasteiger charge is 2.07. The molecule has 0 fully saturated rings. The molecule has 3 nitrogen and oxygen atoms in total. The van der Waals surface area contributed by atoms with Crippen molar-refractivity contribution in [1.82, 2.24) is 9.55 Å². The quantitative estimate of drug-likeness (QED) is 0.721. The number of aryl methyl sites for hydroxylation is 1. The molecule has 16 heavy (non-hydrogen) atoms. The second-order valence-electron chi connectivity index (χ2n) is 4.93. The maximum Gasteiger partial charge on any atom is 0.126 e. The molecule has 0 saturated heterocycles. The van der Waals surface area contributed by atoms with Crippen LogP contribution in [0.15, 0.2) is 6.33 Å². The van der Waals surface area contributed by atoms with Gasteiger partial charge in [0.15, 0.2) is 0 Å². The van der Waals surface area contributed by atoms with E-state index in [-0.39, 0.29) is 0 Å². The first kappa shape index (κ1) is 13.1. The first-order chi connectivity index (χ1) is 7.65. The van der Waals surface area contributed by atoms with Crippen molar-refractivity contribution >= 4 is 5.82 Å². The van der Waals surface area contributed by atoms with Crippen LogP contribution in [0.25, 0.3) is 0 Å². The minimum absolute atomic E-state index is 0.615. The van der Waals surface area contributed by atoms with Crippen LogP contribution in [0.3, 0.4) is 0 Å². The van der Waals surface area contributed by atoms with Gasteiger partial charge in [-0.05, 0) is 18.8 Å². The number of nitrogens with two attached hydrogens (primary N) is 1. The summed E-state index contributed by atoms with van der Waals surface area (Å²) in [4.78, 5) is 4.40. The highest BCUT2D eigenvalue weighted by atomic mass is 15.1. The van der Waals surface area contributed by atoms with Gasteiger partial charge in [0.2, 0.25) is 0 Å². The molecule has 0 spiro atoms. The Morgan fingerprint density at radius 2 is 2.06 bits per heavy atom. The van der Waals surface area contributed by atoms with Crippen molar-refractivity contribution in [3.8, 4) is 0 Å². The molecule has 0 atom stereocenters. The molecule has 1 aromatic rings. The molecule has 0 bridgehead atoms. The maximum absolute atomic E-state index is 6.07. The van der Waals surface area contributed by atoms with Crippen molar-refractivity contribution in [2.75, 3.05) is 5.73 Å². The number of unbranched alkanes of at least 4 members (excludes halogenated alkanes) is 3. The Bertz CT molecular complexity index is 302. The normalized spacial score (nSPS) is 11.2. The Labute approximate surface area is 99.1 Å². The first-order valence-corrected chi connectivity index (χ1v) is 6.44. The van der Waals surface area contributed by atoms with Crippen molar-refractivity contribution in [3.05, 3.63) is 12.0 Å². The van der Waals surface area contributed by atoms with Gasteiger partial charge in [0, 0.05) is 6.54 Å². The van der Waals surface area contributed by atoms with E-state index in [0.717, 1.165) is 24.5 Å². The smallest absolute Gasteiger partial charge is 0.126 e. The fourth-order valence-corrected chi connectivity index (χ4v) is 1.88. The summed E-state index contributed by atoms with van der Waals surface area (Å²) >= 11 is 0. The molecule has 3 heteroatoms. The van der Waals surface area contributed by atoms with Crippen LogP contribution in [0, 0.1) is 5.92 Å². The van der Waals surface area contributed by atoms with Gasteiger partial charge < -0.3 is 10.3 Å². The molecule has 0 aliphatic carbocycles. The van der Waals surface area contributed by atoms with Gasteiger partial charge in [-0.15, -0.1) is 0 Å². The highest BCUT2D eigenvalue weighted by Crippen LogP contribution is 2.15. The van der Waals surface area contributed by atoms with Gasteiger partial charge in [0.05, 0.1) is 12.0 Å². The van der Waals surface area contributed by atoms with E-state index >= 15 is 0 Å². The Hall–Kier alpha value is -0.990. The minimum atomic E-state index is 0.615. The summed E-state index contributed by atoms with van der Waals surface area (Å²) in [5, 5.41) is 0. The van der Waals surface area contributed by atoms with Crippen molar-refractivity contribution in [3.63, 3.8) is 0 Å². The van der Waals surface area contributed by atoms with Gasteiger partial charge in [-0.2, -0.15) is 0 Å². The lowest BCUT2D eigenvalue weighted by atomic mass is 10.1. The Morgan fingerprint density at radius 1 is 1.31 bits per heavy atom. The van der Waals surface area contributed by atoms with E-state index in [1.807, 2.05) is 6.33 Å². The monoisotopic (exact) mass is 223 g/mol. The zero-order valence-corrected chi connectivity index (χ0v) is 10.9. The molecule has 1 rings (SSSR count). The zero-order valence-electron chi connectivity index (χ0n) is 10.9. The van der Waals surface area contributed by atoms with Crippen LogP contribution in [0.2, 0.25) is 0 Å². The van der Waals surface area contributed by atoms with Crippen molar-refractivity contribution in [2.24, 2.45) is 5.92 Å². The summed E-state index contributed by atoms with van der Waals surface area (Å²) in [6.45, 7) is 7.58. The second kappa shape index (κ2) is 6.56. The van der Waals surface area contributed by atoms with Crippen LogP contribution >= 0.6 is 0 Å². The molecular formula is C13H25N3. The third kappa shape index (κ3) is 3.87. The lowest BCUT2D eigenvalue weighted by molar-refractivity contribution is 0.527. The topological polar surface area (TPSA) is 43.8 Å². The third-order valence-corrected chi connectivity index (χ3v) is 2.79. The number of imidazole rings is 1. The Balaban J connectivity index is 2.45. The molecule has 0 amide bonds. The predicted octanol–water partition coefficient (Wildman–Crippen LogP) is 3.24. The molecule has 0 unspecified atom stereocenters. The first-order valence-electron chi connectivity index (χ1n) is 6.44. The fraction of sp³-hybridized carbons (Fsp3) is 0.769.